The monoisotopic (exact) mass is 459 g/mol. The molecule has 170 valence electrons. The number of fused-ring (bicyclic) bond motifs is 1. The fraction of sp³-hybridized carbons (Fsp3) is 0.435. The first-order valence-corrected chi connectivity index (χ1v) is 11.4. The number of halogens is 1. The molecule has 1 aromatic carbocycles. The van der Waals surface area contributed by atoms with Crippen LogP contribution in [0.4, 0.5) is 4.39 Å². The van der Waals surface area contributed by atoms with Crippen LogP contribution in [-0.4, -0.2) is 59.3 Å². The fourth-order valence-electron chi connectivity index (χ4n) is 4.38. The Balaban J connectivity index is 1.67. The molecule has 7 nitrogen and oxygen atoms in total. The van der Waals surface area contributed by atoms with E-state index in [0.29, 0.717) is 40.8 Å². The van der Waals surface area contributed by atoms with Crippen molar-refractivity contribution in [2.75, 3.05) is 20.2 Å². The van der Waals surface area contributed by atoms with Crippen LogP contribution in [-0.2, 0) is 19.1 Å². The molecule has 9 heteroatoms. The van der Waals surface area contributed by atoms with Crippen molar-refractivity contribution in [1.82, 2.24) is 9.80 Å². The number of aliphatic imine (C=N–C) groups is 1. The van der Waals surface area contributed by atoms with Gasteiger partial charge in [0.25, 0.3) is 0 Å². The number of rotatable bonds is 4. The third kappa shape index (κ3) is 4.31. The number of benzene rings is 1. The average molecular weight is 460 g/mol. The van der Waals surface area contributed by atoms with Gasteiger partial charge in [-0.15, -0.1) is 0 Å². The number of methoxy groups -OCH3 is 1. The highest BCUT2D eigenvalue weighted by Gasteiger charge is 2.41. The highest BCUT2D eigenvalue weighted by Crippen LogP contribution is 2.45. The second-order valence-electron chi connectivity index (χ2n) is 8.17. The maximum Gasteiger partial charge on any atom is 0.338 e. The smallest absolute Gasteiger partial charge is 0.338 e. The summed E-state index contributed by atoms with van der Waals surface area (Å²) in [6, 6.07) is 5.49. The van der Waals surface area contributed by atoms with Gasteiger partial charge in [0, 0.05) is 18.8 Å². The predicted octanol–water partition coefficient (Wildman–Crippen LogP) is 3.60. The van der Waals surface area contributed by atoms with Crippen LogP contribution in [0.3, 0.4) is 0 Å². The van der Waals surface area contributed by atoms with Crippen molar-refractivity contribution < 1.29 is 23.5 Å². The van der Waals surface area contributed by atoms with E-state index in [1.807, 2.05) is 29.1 Å². The second-order valence-corrected chi connectivity index (χ2v) is 9.01. The van der Waals surface area contributed by atoms with Crippen molar-refractivity contribution in [3.05, 3.63) is 58.0 Å². The average Bonchev–Trinajstić information content (AvgIpc) is 3.13. The van der Waals surface area contributed by atoms with E-state index >= 15 is 0 Å². The Morgan fingerprint density at radius 1 is 1.28 bits per heavy atom. The normalized spacial score (nSPS) is 25.3. The predicted molar refractivity (Wildman–Crippen MR) is 120 cm³/mol. The number of thioether (sulfide) groups is 1. The highest BCUT2D eigenvalue weighted by atomic mass is 32.2. The van der Waals surface area contributed by atoms with Crippen molar-refractivity contribution in [2.24, 2.45) is 4.99 Å². The Kier molecular flexibility index (Phi) is 6.39. The Bertz CT molecular complexity index is 1030. The minimum atomic E-state index is -0.637. The van der Waals surface area contributed by atoms with Crippen molar-refractivity contribution in [3.63, 3.8) is 0 Å². The summed E-state index contributed by atoms with van der Waals surface area (Å²) in [5.74, 6) is -0.958. The van der Waals surface area contributed by atoms with Crippen LogP contribution in [0.5, 0.6) is 0 Å². The summed E-state index contributed by atoms with van der Waals surface area (Å²) in [6.45, 7) is 6.70. The van der Waals surface area contributed by atoms with Crippen LogP contribution in [0.2, 0.25) is 0 Å². The summed E-state index contributed by atoms with van der Waals surface area (Å²) in [5.41, 5.74) is 2.15. The van der Waals surface area contributed by atoms with Gasteiger partial charge in [-0.3, -0.25) is 4.79 Å². The Morgan fingerprint density at radius 2 is 2.00 bits per heavy atom. The molecule has 0 radical (unpaired) electrons. The number of carbonyl (C=O) groups is 2. The van der Waals surface area contributed by atoms with E-state index in [1.165, 1.54) is 31.0 Å². The molecule has 1 fully saturated rings. The number of ether oxygens (including phenoxy) is 2. The van der Waals surface area contributed by atoms with Gasteiger partial charge in [-0.2, -0.15) is 0 Å². The molecule has 0 unspecified atom stereocenters. The number of allylic oxidation sites excluding steroid dienone is 1. The summed E-state index contributed by atoms with van der Waals surface area (Å²) < 4.78 is 24.9. The number of morpholine rings is 1. The van der Waals surface area contributed by atoms with Gasteiger partial charge in [0.2, 0.25) is 5.91 Å². The van der Waals surface area contributed by atoms with Crippen LogP contribution in [0.25, 0.3) is 0 Å². The molecule has 0 aromatic heterocycles. The molecule has 0 bridgehead atoms. The maximum absolute atomic E-state index is 14.1. The van der Waals surface area contributed by atoms with Gasteiger partial charge >= 0.3 is 5.97 Å². The zero-order valence-electron chi connectivity index (χ0n) is 18.5. The third-order valence-electron chi connectivity index (χ3n) is 5.68. The van der Waals surface area contributed by atoms with Gasteiger partial charge in [0.05, 0.1) is 43.1 Å². The summed E-state index contributed by atoms with van der Waals surface area (Å²) in [4.78, 5) is 34.1. The first-order chi connectivity index (χ1) is 15.3. The quantitative estimate of drug-likeness (QED) is 0.641. The van der Waals surface area contributed by atoms with Crippen molar-refractivity contribution in [3.8, 4) is 0 Å². The van der Waals surface area contributed by atoms with Crippen molar-refractivity contribution in [2.45, 2.75) is 45.4 Å². The van der Waals surface area contributed by atoms with Crippen LogP contribution in [0.1, 0.15) is 38.8 Å². The molecule has 4 rings (SSSR count). The molecule has 3 heterocycles. The molecule has 0 saturated carbocycles. The van der Waals surface area contributed by atoms with Crippen molar-refractivity contribution in [1.29, 1.82) is 0 Å². The SMILES string of the molecule is COC(=O)C1=C(C)N=C2SC=C(CC(=O)N3C[C@H](C)O[C@@H](C)C3)N2[C@H]1c1cccc(F)c1. The van der Waals surface area contributed by atoms with E-state index < -0.39 is 17.8 Å². The van der Waals surface area contributed by atoms with E-state index in [-0.39, 0.29) is 24.5 Å². The number of amidine groups is 1. The van der Waals surface area contributed by atoms with Gasteiger partial charge in [-0.25, -0.2) is 14.2 Å². The molecule has 0 aliphatic carbocycles. The first kappa shape index (κ1) is 22.5. The summed E-state index contributed by atoms with van der Waals surface area (Å²) in [5, 5.41) is 2.53. The molecule has 3 aliphatic rings. The zero-order chi connectivity index (χ0) is 23.0. The summed E-state index contributed by atoms with van der Waals surface area (Å²) in [7, 11) is 1.31. The lowest BCUT2D eigenvalue weighted by Gasteiger charge is -2.38. The van der Waals surface area contributed by atoms with Crippen LogP contribution < -0.4 is 0 Å². The van der Waals surface area contributed by atoms with E-state index in [2.05, 4.69) is 4.99 Å². The number of hydrogen-bond donors (Lipinski definition) is 0. The van der Waals surface area contributed by atoms with E-state index in [4.69, 9.17) is 9.47 Å². The third-order valence-corrected chi connectivity index (χ3v) is 6.56. The standard InChI is InChI=1S/C23H26FN3O4S/c1-13-10-26(11-14(2)31-13)19(28)9-18-12-32-23-25-15(3)20(22(29)30-4)21(27(18)23)16-6-5-7-17(24)8-16/h5-8,12-14,21H,9-11H2,1-4H3/t13-,14-,21-/m0/s1. The molecular weight excluding hydrogens is 433 g/mol. The minimum Gasteiger partial charge on any atom is -0.466 e. The van der Waals surface area contributed by atoms with Gasteiger partial charge in [-0.1, -0.05) is 23.9 Å². The topological polar surface area (TPSA) is 71.4 Å². The van der Waals surface area contributed by atoms with Gasteiger partial charge in [0.15, 0.2) is 5.17 Å². The van der Waals surface area contributed by atoms with Crippen LogP contribution in [0.15, 0.2) is 51.6 Å². The number of amides is 1. The lowest BCUT2D eigenvalue weighted by Crippen LogP contribution is -2.48. The van der Waals surface area contributed by atoms with E-state index in [9.17, 15) is 14.0 Å². The van der Waals surface area contributed by atoms with Gasteiger partial charge < -0.3 is 19.3 Å². The molecule has 3 atom stereocenters. The summed E-state index contributed by atoms with van der Waals surface area (Å²) in [6.07, 6.45) is 0.0849. The van der Waals surface area contributed by atoms with E-state index in [1.54, 1.807) is 19.1 Å². The molecule has 1 saturated heterocycles. The Morgan fingerprint density at radius 3 is 2.66 bits per heavy atom. The Labute approximate surface area is 190 Å². The minimum absolute atomic E-state index is 0.0241. The molecule has 32 heavy (non-hydrogen) atoms. The molecule has 0 spiro atoms. The second kappa shape index (κ2) is 9.07. The first-order valence-electron chi connectivity index (χ1n) is 10.5. The fourth-order valence-corrected chi connectivity index (χ4v) is 5.35. The number of carbonyl (C=O) groups excluding carboxylic acids is 2. The molecule has 1 aromatic rings. The number of hydrogen-bond acceptors (Lipinski definition) is 7. The largest absolute Gasteiger partial charge is 0.466 e. The molecule has 3 aliphatic heterocycles. The lowest BCUT2D eigenvalue weighted by molar-refractivity contribution is -0.142. The molecule has 1 amide bonds. The van der Waals surface area contributed by atoms with E-state index in [0.717, 1.165) is 0 Å². The van der Waals surface area contributed by atoms with Crippen LogP contribution >= 0.6 is 11.8 Å². The molecular formula is C23H26FN3O4S. The van der Waals surface area contributed by atoms with Crippen LogP contribution in [0, 0.1) is 5.82 Å². The summed E-state index contributed by atoms with van der Waals surface area (Å²) >= 11 is 1.39. The van der Waals surface area contributed by atoms with Gasteiger partial charge in [-0.05, 0) is 43.9 Å². The van der Waals surface area contributed by atoms with Crippen molar-refractivity contribution >= 4 is 28.8 Å². The maximum atomic E-state index is 14.1. The zero-order valence-corrected chi connectivity index (χ0v) is 19.3. The lowest BCUT2D eigenvalue weighted by atomic mass is 9.93. The Hall–Kier alpha value is -2.65. The number of nitrogens with zero attached hydrogens (tertiary/aromatic N) is 3. The highest BCUT2D eigenvalue weighted by molar-refractivity contribution is 8.16. The van der Waals surface area contributed by atoms with Gasteiger partial charge in [0.1, 0.15) is 5.82 Å². The molecule has 0 N–H and O–H groups in total. The number of esters is 1.